The Balaban J connectivity index is 2.68. The molecular weight excluding hydrogens is 320 g/mol. The third kappa shape index (κ3) is 6.01. The maximum absolute atomic E-state index is 11.9. The smallest absolute Gasteiger partial charge is 0.230 e. The van der Waals surface area contributed by atoms with E-state index in [9.17, 15) is 4.79 Å². The van der Waals surface area contributed by atoms with E-state index >= 15 is 0 Å². The van der Waals surface area contributed by atoms with Crippen molar-refractivity contribution in [3.8, 4) is 0 Å². The number of nitrogens with one attached hydrogen (secondary N) is 1. The van der Waals surface area contributed by atoms with Crippen LogP contribution in [0, 0.1) is 5.92 Å². The first-order valence-corrected chi connectivity index (χ1v) is 8.95. The normalized spacial score (nSPS) is 12.3. The zero-order valence-electron chi connectivity index (χ0n) is 13.9. The number of carbonyl (C=O) groups is 1. The Labute approximate surface area is 142 Å². The fourth-order valence-electron chi connectivity index (χ4n) is 1.75. The Morgan fingerprint density at radius 3 is 2.50 bits per heavy atom. The van der Waals surface area contributed by atoms with E-state index in [1.165, 1.54) is 11.8 Å². The standard InChI is InChI=1S/C15H25ClN4OS/c1-6-20(7-2)13-8-12(16)18-15(19-13)22-9-14(21)17-11(5)10(3)4/h8,10-11H,6-7,9H2,1-5H3,(H,17,21)/t11-/m1/s1. The first-order valence-electron chi connectivity index (χ1n) is 7.59. The van der Waals surface area contributed by atoms with Crippen LogP contribution in [0.25, 0.3) is 0 Å². The highest BCUT2D eigenvalue weighted by atomic mass is 35.5. The van der Waals surface area contributed by atoms with Gasteiger partial charge in [-0.1, -0.05) is 37.2 Å². The first-order chi connectivity index (χ1) is 10.4. The van der Waals surface area contributed by atoms with Gasteiger partial charge in [0.2, 0.25) is 5.91 Å². The molecule has 0 radical (unpaired) electrons. The van der Waals surface area contributed by atoms with Crippen molar-refractivity contribution in [2.24, 2.45) is 5.92 Å². The van der Waals surface area contributed by atoms with Gasteiger partial charge < -0.3 is 10.2 Å². The number of rotatable bonds is 8. The van der Waals surface area contributed by atoms with Crippen LogP contribution in [0.3, 0.4) is 0 Å². The molecule has 1 rings (SSSR count). The van der Waals surface area contributed by atoms with Gasteiger partial charge in [-0.2, -0.15) is 0 Å². The number of amides is 1. The van der Waals surface area contributed by atoms with E-state index in [4.69, 9.17) is 11.6 Å². The second-order valence-corrected chi connectivity index (χ2v) is 6.72. The molecule has 5 nitrogen and oxygen atoms in total. The van der Waals surface area contributed by atoms with Gasteiger partial charge in [-0.25, -0.2) is 9.97 Å². The van der Waals surface area contributed by atoms with Gasteiger partial charge in [0.15, 0.2) is 5.16 Å². The van der Waals surface area contributed by atoms with Crippen molar-refractivity contribution in [1.29, 1.82) is 0 Å². The number of carbonyl (C=O) groups excluding carboxylic acids is 1. The molecule has 0 bridgehead atoms. The van der Waals surface area contributed by atoms with Gasteiger partial charge in [0.25, 0.3) is 0 Å². The topological polar surface area (TPSA) is 58.1 Å². The fourth-order valence-corrected chi connectivity index (χ4v) is 2.64. The zero-order chi connectivity index (χ0) is 16.7. The van der Waals surface area contributed by atoms with Crippen LogP contribution in [0.2, 0.25) is 5.15 Å². The lowest BCUT2D eigenvalue weighted by Crippen LogP contribution is -2.37. The molecular formula is C15H25ClN4OS. The summed E-state index contributed by atoms with van der Waals surface area (Å²) < 4.78 is 0. The van der Waals surface area contributed by atoms with E-state index in [0.717, 1.165) is 18.9 Å². The van der Waals surface area contributed by atoms with Gasteiger partial charge in [-0.15, -0.1) is 0 Å². The lowest BCUT2D eigenvalue weighted by molar-refractivity contribution is -0.119. The number of hydrogen-bond donors (Lipinski definition) is 1. The second-order valence-electron chi connectivity index (χ2n) is 5.39. The SMILES string of the molecule is CCN(CC)c1cc(Cl)nc(SCC(=O)N[C@H](C)C(C)C)n1. The van der Waals surface area contributed by atoms with Crippen LogP contribution in [0.4, 0.5) is 5.82 Å². The minimum absolute atomic E-state index is 0.0147. The van der Waals surface area contributed by atoms with Crippen molar-refractivity contribution < 1.29 is 4.79 Å². The third-order valence-corrected chi connectivity index (χ3v) is 4.51. The Kier molecular flexibility index (Phi) is 7.96. The van der Waals surface area contributed by atoms with E-state index in [-0.39, 0.29) is 17.7 Å². The average Bonchev–Trinajstić information content (AvgIpc) is 2.46. The van der Waals surface area contributed by atoms with Crippen LogP contribution in [-0.2, 0) is 4.79 Å². The van der Waals surface area contributed by atoms with Crippen molar-refractivity contribution in [2.75, 3.05) is 23.7 Å². The van der Waals surface area contributed by atoms with Crippen molar-refractivity contribution in [1.82, 2.24) is 15.3 Å². The molecule has 1 amide bonds. The van der Waals surface area contributed by atoms with E-state index in [2.05, 4.69) is 47.9 Å². The lowest BCUT2D eigenvalue weighted by Gasteiger charge is -2.20. The molecule has 1 aromatic rings. The molecule has 7 heteroatoms. The summed E-state index contributed by atoms with van der Waals surface area (Å²) in [5.41, 5.74) is 0. The minimum atomic E-state index is -0.0147. The third-order valence-electron chi connectivity index (χ3n) is 3.47. The summed E-state index contributed by atoms with van der Waals surface area (Å²) in [6.45, 7) is 12.0. The molecule has 1 atom stereocenters. The molecule has 1 N–H and O–H groups in total. The molecule has 1 heterocycles. The molecule has 1 aromatic heterocycles. The predicted octanol–water partition coefficient (Wildman–Crippen LogP) is 3.23. The molecule has 0 aliphatic heterocycles. The molecule has 0 aliphatic carbocycles. The number of thioether (sulfide) groups is 1. The molecule has 0 fully saturated rings. The van der Waals surface area contributed by atoms with Gasteiger partial charge in [0.1, 0.15) is 11.0 Å². The van der Waals surface area contributed by atoms with Gasteiger partial charge in [0.05, 0.1) is 5.75 Å². The first kappa shape index (κ1) is 19.0. The largest absolute Gasteiger partial charge is 0.357 e. The molecule has 0 unspecified atom stereocenters. The maximum Gasteiger partial charge on any atom is 0.230 e. The highest BCUT2D eigenvalue weighted by Crippen LogP contribution is 2.21. The number of aromatic nitrogens is 2. The summed E-state index contributed by atoms with van der Waals surface area (Å²) in [7, 11) is 0. The number of anilines is 1. The number of hydrogen-bond acceptors (Lipinski definition) is 5. The van der Waals surface area contributed by atoms with E-state index in [1.807, 2.05) is 6.92 Å². The highest BCUT2D eigenvalue weighted by molar-refractivity contribution is 7.99. The van der Waals surface area contributed by atoms with Crippen molar-refractivity contribution in [3.05, 3.63) is 11.2 Å². The zero-order valence-corrected chi connectivity index (χ0v) is 15.5. The summed E-state index contributed by atoms with van der Waals surface area (Å²) in [6.07, 6.45) is 0. The van der Waals surface area contributed by atoms with Crippen molar-refractivity contribution in [2.45, 2.75) is 45.8 Å². The van der Waals surface area contributed by atoms with Crippen LogP contribution in [0.1, 0.15) is 34.6 Å². The fraction of sp³-hybridized carbons (Fsp3) is 0.667. The quantitative estimate of drug-likeness (QED) is 0.445. The van der Waals surface area contributed by atoms with Gasteiger partial charge >= 0.3 is 0 Å². The van der Waals surface area contributed by atoms with E-state index in [1.54, 1.807) is 6.07 Å². The Bertz CT molecular complexity index is 494. The van der Waals surface area contributed by atoms with E-state index in [0.29, 0.717) is 16.2 Å². The van der Waals surface area contributed by atoms with Crippen LogP contribution < -0.4 is 10.2 Å². The lowest BCUT2D eigenvalue weighted by atomic mass is 10.1. The van der Waals surface area contributed by atoms with Crippen LogP contribution in [0.15, 0.2) is 11.2 Å². The number of nitrogens with zero attached hydrogens (tertiary/aromatic N) is 3. The summed E-state index contributed by atoms with van der Waals surface area (Å²) in [5, 5.41) is 3.89. The van der Waals surface area contributed by atoms with E-state index < -0.39 is 0 Å². The molecule has 0 aliphatic rings. The minimum Gasteiger partial charge on any atom is -0.357 e. The summed E-state index contributed by atoms with van der Waals surface area (Å²) >= 11 is 7.36. The molecule has 0 aromatic carbocycles. The maximum atomic E-state index is 11.9. The van der Waals surface area contributed by atoms with Crippen molar-refractivity contribution >= 4 is 35.1 Å². The molecule has 0 saturated carbocycles. The predicted molar refractivity (Wildman–Crippen MR) is 93.8 cm³/mol. The van der Waals surface area contributed by atoms with Crippen molar-refractivity contribution in [3.63, 3.8) is 0 Å². The summed E-state index contributed by atoms with van der Waals surface area (Å²) in [4.78, 5) is 22.7. The monoisotopic (exact) mass is 344 g/mol. The second kappa shape index (κ2) is 9.20. The van der Waals surface area contributed by atoms with Crippen LogP contribution >= 0.6 is 23.4 Å². The average molecular weight is 345 g/mol. The Hall–Kier alpha value is -1.01. The number of halogens is 1. The molecule has 0 spiro atoms. The summed E-state index contributed by atoms with van der Waals surface area (Å²) in [5.74, 6) is 1.48. The highest BCUT2D eigenvalue weighted by Gasteiger charge is 2.13. The van der Waals surface area contributed by atoms with Gasteiger partial charge in [-0.3, -0.25) is 4.79 Å². The summed E-state index contributed by atoms with van der Waals surface area (Å²) in [6, 6.07) is 1.90. The molecule has 0 saturated heterocycles. The van der Waals surface area contributed by atoms with Gasteiger partial charge in [0, 0.05) is 25.2 Å². The Morgan fingerprint density at radius 1 is 1.32 bits per heavy atom. The Morgan fingerprint density at radius 2 is 1.95 bits per heavy atom. The van der Waals surface area contributed by atoms with Crippen LogP contribution in [-0.4, -0.2) is 40.8 Å². The molecule has 124 valence electrons. The van der Waals surface area contributed by atoms with Gasteiger partial charge in [-0.05, 0) is 26.7 Å². The van der Waals surface area contributed by atoms with Crippen LogP contribution in [0.5, 0.6) is 0 Å². The molecule has 22 heavy (non-hydrogen) atoms.